The lowest BCUT2D eigenvalue weighted by molar-refractivity contribution is 0.486. The van der Waals surface area contributed by atoms with Gasteiger partial charge in [0.15, 0.2) is 0 Å². The molecule has 0 aliphatic heterocycles. The number of halogens is 2. The van der Waals surface area contributed by atoms with Crippen LogP contribution < -0.4 is 11.1 Å². The number of pyridine rings is 1. The normalized spacial score (nSPS) is 15.4. The highest BCUT2D eigenvalue weighted by Gasteiger charge is 2.19. The van der Waals surface area contributed by atoms with Crippen LogP contribution in [0.15, 0.2) is 38.7 Å². The van der Waals surface area contributed by atoms with Gasteiger partial charge in [-0.15, -0.1) is 0 Å². The Hall–Kier alpha value is -1.76. The Morgan fingerprint density at radius 1 is 1.23 bits per heavy atom. The molecule has 2 aromatic heterocycles. The Morgan fingerprint density at radius 3 is 2.64 bits per heavy atom. The van der Waals surface area contributed by atoms with E-state index in [1.54, 1.807) is 6.20 Å². The molecule has 1 aliphatic carbocycles. The maximum absolute atomic E-state index is 13.8. The number of hydrogen-bond donors (Lipinski definition) is 0. The molecule has 0 radical (unpaired) electrons. The van der Waals surface area contributed by atoms with E-state index < -0.39 is 16.9 Å². The molecule has 7 heteroatoms. The van der Waals surface area contributed by atoms with Gasteiger partial charge >= 0.3 is 11.1 Å². The van der Waals surface area contributed by atoms with E-state index >= 15 is 0 Å². The standard InChI is InChI=1S/C15H15BrFN3O2/c16-10-7-12(17)13(18-8-10)9-19-5-6-20(15(22)14(19)21)11-3-1-2-4-11/h5-8,11H,1-4,9H2. The molecule has 22 heavy (non-hydrogen) atoms. The van der Waals surface area contributed by atoms with Gasteiger partial charge in [-0.1, -0.05) is 12.8 Å². The fourth-order valence-corrected chi connectivity index (χ4v) is 3.14. The Morgan fingerprint density at radius 2 is 1.95 bits per heavy atom. The van der Waals surface area contributed by atoms with Crippen LogP contribution in [0.2, 0.25) is 0 Å². The molecule has 1 fully saturated rings. The lowest BCUT2D eigenvalue weighted by Gasteiger charge is -2.14. The molecule has 5 nitrogen and oxygen atoms in total. The highest BCUT2D eigenvalue weighted by atomic mass is 79.9. The van der Waals surface area contributed by atoms with Gasteiger partial charge in [0.25, 0.3) is 0 Å². The Balaban J connectivity index is 1.93. The summed E-state index contributed by atoms with van der Waals surface area (Å²) >= 11 is 3.13. The zero-order chi connectivity index (χ0) is 15.7. The number of hydrogen-bond acceptors (Lipinski definition) is 3. The van der Waals surface area contributed by atoms with Gasteiger partial charge in [0.2, 0.25) is 0 Å². The molecule has 1 aliphatic rings. The summed E-state index contributed by atoms with van der Waals surface area (Å²) in [4.78, 5) is 28.4. The van der Waals surface area contributed by atoms with E-state index in [0.29, 0.717) is 4.47 Å². The monoisotopic (exact) mass is 367 g/mol. The van der Waals surface area contributed by atoms with E-state index in [9.17, 15) is 14.0 Å². The summed E-state index contributed by atoms with van der Waals surface area (Å²) in [7, 11) is 0. The molecule has 0 spiro atoms. The first kappa shape index (κ1) is 15.1. The predicted molar refractivity (Wildman–Crippen MR) is 83.5 cm³/mol. The average Bonchev–Trinajstić information content (AvgIpc) is 3.00. The minimum Gasteiger partial charge on any atom is -0.306 e. The van der Waals surface area contributed by atoms with E-state index in [4.69, 9.17) is 0 Å². The van der Waals surface area contributed by atoms with Gasteiger partial charge in [-0.3, -0.25) is 14.6 Å². The predicted octanol–water partition coefficient (Wildman–Crippen LogP) is 2.47. The summed E-state index contributed by atoms with van der Waals surface area (Å²) in [5.74, 6) is -0.513. The minimum atomic E-state index is -0.640. The van der Waals surface area contributed by atoms with Crippen LogP contribution >= 0.6 is 15.9 Å². The van der Waals surface area contributed by atoms with Crippen LogP contribution in [-0.4, -0.2) is 14.1 Å². The SMILES string of the molecule is O=c1c(=O)n(C2CCCC2)ccn1Cc1ncc(Br)cc1F. The smallest absolute Gasteiger partial charge is 0.306 e. The van der Waals surface area contributed by atoms with Crippen molar-refractivity contribution >= 4 is 15.9 Å². The highest BCUT2D eigenvalue weighted by Crippen LogP contribution is 2.27. The van der Waals surface area contributed by atoms with Gasteiger partial charge in [-0.25, -0.2) is 4.39 Å². The molecule has 0 N–H and O–H groups in total. The third-order valence-corrected chi connectivity index (χ3v) is 4.44. The van der Waals surface area contributed by atoms with Crippen molar-refractivity contribution in [1.29, 1.82) is 0 Å². The van der Waals surface area contributed by atoms with Gasteiger partial charge in [-0.2, -0.15) is 0 Å². The largest absolute Gasteiger partial charge is 0.316 e. The number of aromatic nitrogens is 3. The Bertz CT molecular complexity index is 809. The molecule has 0 unspecified atom stereocenters. The molecule has 0 atom stereocenters. The lowest BCUT2D eigenvalue weighted by Crippen LogP contribution is -2.41. The van der Waals surface area contributed by atoms with Crippen molar-refractivity contribution in [1.82, 2.24) is 14.1 Å². The van der Waals surface area contributed by atoms with Crippen LogP contribution in [0.3, 0.4) is 0 Å². The Kier molecular flexibility index (Phi) is 4.24. The molecule has 0 saturated heterocycles. The topological polar surface area (TPSA) is 56.9 Å². The maximum Gasteiger partial charge on any atom is 0.316 e. The van der Waals surface area contributed by atoms with Gasteiger partial charge in [-0.05, 0) is 34.8 Å². The van der Waals surface area contributed by atoms with Crippen molar-refractivity contribution in [2.24, 2.45) is 0 Å². The highest BCUT2D eigenvalue weighted by molar-refractivity contribution is 9.10. The van der Waals surface area contributed by atoms with E-state index in [1.807, 2.05) is 0 Å². The average molecular weight is 368 g/mol. The van der Waals surface area contributed by atoms with E-state index in [0.717, 1.165) is 25.7 Å². The van der Waals surface area contributed by atoms with Gasteiger partial charge in [0.05, 0.1) is 12.2 Å². The van der Waals surface area contributed by atoms with Crippen molar-refractivity contribution in [3.8, 4) is 0 Å². The van der Waals surface area contributed by atoms with Crippen molar-refractivity contribution in [3.63, 3.8) is 0 Å². The molecular formula is C15H15BrFN3O2. The summed E-state index contributed by atoms with van der Waals surface area (Å²) in [6.45, 7) is -0.0569. The molecule has 0 aromatic carbocycles. The summed E-state index contributed by atoms with van der Waals surface area (Å²) < 4.78 is 17.0. The fourth-order valence-electron chi connectivity index (χ4n) is 2.84. The van der Waals surface area contributed by atoms with Crippen LogP contribution in [-0.2, 0) is 6.54 Å². The van der Waals surface area contributed by atoms with Crippen LogP contribution in [0.5, 0.6) is 0 Å². The van der Waals surface area contributed by atoms with Gasteiger partial charge in [0, 0.05) is 29.1 Å². The van der Waals surface area contributed by atoms with Crippen molar-refractivity contribution < 1.29 is 4.39 Å². The van der Waals surface area contributed by atoms with Crippen LogP contribution in [0.4, 0.5) is 4.39 Å². The first-order valence-corrected chi connectivity index (χ1v) is 7.97. The molecule has 2 aromatic rings. The van der Waals surface area contributed by atoms with Crippen molar-refractivity contribution in [2.75, 3.05) is 0 Å². The summed E-state index contributed by atoms with van der Waals surface area (Å²) in [5.41, 5.74) is -1.06. The molecular weight excluding hydrogens is 353 g/mol. The number of nitrogens with zero attached hydrogens (tertiary/aromatic N) is 3. The summed E-state index contributed by atoms with van der Waals surface area (Å²) in [6.07, 6.45) is 8.62. The van der Waals surface area contributed by atoms with Crippen LogP contribution in [0.25, 0.3) is 0 Å². The quantitative estimate of drug-likeness (QED) is 0.783. The van der Waals surface area contributed by atoms with E-state index in [-0.39, 0.29) is 18.3 Å². The third-order valence-electron chi connectivity index (χ3n) is 4.01. The molecule has 2 heterocycles. The first-order chi connectivity index (χ1) is 10.6. The minimum absolute atomic E-state index is 0.0569. The molecule has 116 valence electrons. The molecule has 1 saturated carbocycles. The maximum atomic E-state index is 13.8. The zero-order valence-electron chi connectivity index (χ0n) is 11.8. The molecule has 0 amide bonds. The fraction of sp³-hybridized carbons (Fsp3) is 0.400. The second kappa shape index (κ2) is 6.16. The van der Waals surface area contributed by atoms with E-state index in [1.165, 1.54) is 27.6 Å². The summed E-state index contributed by atoms with van der Waals surface area (Å²) in [5, 5.41) is 0. The summed E-state index contributed by atoms with van der Waals surface area (Å²) in [6, 6.07) is 1.39. The third kappa shape index (κ3) is 2.90. The van der Waals surface area contributed by atoms with E-state index in [2.05, 4.69) is 20.9 Å². The zero-order valence-corrected chi connectivity index (χ0v) is 13.4. The second-order valence-electron chi connectivity index (χ2n) is 5.46. The number of rotatable bonds is 3. The lowest BCUT2D eigenvalue weighted by atomic mass is 10.2. The van der Waals surface area contributed by atoms with Crippen LogP contribution in [0, 0.1) is 5.82 Å². The van der Waals surface area contributed by atoms with Crippen molar-refractivity contribution in [3.05, 3.63) is 61.3 Å². The second-order valence-corrected chi connectivity index (χ2v) is 6.38. The Labute approximate surface area is 134 Å². The first-order valence-electron chi connectivity index (χ1n) is 7.18. The van der Waals surface area contributed by atoms with Crippen molar-refractivity contribution in [2.45, 2.75) is 38.3 Å². The van der Waals surface area contributed by atoms with Crippen LogP contribution in [0.1, 0.15) is 37.4 Å². The molecule has 3 rings (SSSR count). The van der Waals surface area contributed by atoms with Gasteiger partial charge < -0.3 is 9.13 Å². The molecule has 0 bridgehead atoms. The van der Waals surface area contributed by atoms with Gasteiger partial charge in [0.1, 0.15) is 5.82 Å².